The van der Waals surface area contributed by atoms with E-state index in [9.17, 15) is 19.6 Å². The van der Waals surface area contributed by atoms with Crippen molar-refractivity contribution >= 4 is 46.7 Å². The number of halogens is 1. The summed E-state index contributed by atoms with van der Waals surface area (Å²) in [7, 11) is 1.52. The second kappa shape index (κ2) is 18.0. The number of carbonyl (C=O) groups is 4. The van der Waals surface area contributed by atoms with Crippen LogP contribution in [-0.2, 0) is 9.59 Å². The molecule has 3 aliphatic heterocycles. The number of methoxy groups -OCH3 is 1. The molecule has 62 heavy (non-hydrogen) atoms. The Balaban J connectivity index is 0.00000187. The largest absolute Gasteiger partial charge is 0.495 e. The zero-order chi connectivity index (χ0) is 44.3. The summed E-state index contributed by atoms with van der Waals surface area (Å²) in [6.07, 6.45) is 7.29. The van der Waals surface area contributed by atoms with Gasteiger partial charge in [0, 0.05) is 80.4 Å². The van der Waals surface area contributed by atoms with Gasteiger partial charge in [-0.15, -0.1) is 0 Å². The Bertz CT molecular complexity index is 2350. The number of fused-ring (bicyclic) bond motifs is 1. The molecule has 0 radical (unpaired) electrons. The van der Waals surface area contributed by atoms with E-state index in [2.05, 4.69) is 36.2 Å². The number of nitrogens with zero attached hydrogens (tertiary/aromatic N) is 7. The Hall–Kier alpha value is -6.28. The van der Waals surface area contributed by atoms with Crippen molar-refractivity contribution in [3.05, 3.63) is 71.8 Å². The van der Waals surface area contributed by atoms with Crippen molar-refractivity contribution in [2.45, 2.75) is 78.0 Å². The van der Waals surface area contributed by atoms with Crippen LogP contribution in [0, 0.1) is 33.9 Å². The minimum absolute atomic E-state index is 0.230. The van der Waals surface area contributed by atoms with Crippen molar-refractivity contribution in [3.63, 3.8) is 0 Å². The molecular formula is C45H54FN9O7. The van der Waals surface area contributed by atoms with Crippen molar-refractivity contribution < 1.29 is 38.1 Å². The number of nitrogens with one attached hydrogen (secondary N) is 2. The first-order chi connectivity index (χ1) is 29.7. The van der Waals surface area contributed by atoms with E-state index in [1.54, 1.807) is 42.7 Å². The van der Waals surface area contributed by atoms with Crippen molar-refractivity contribution in [1.82, 2.24) is 30.3 Å². The fourth-order valence-corrected chi connectivity index (χ4v) is 10.2. The Morgan fingerprint density at radius 2 is 1.74 bits per heavy atom. The summed E-state index contributed by atoms with van der Waals surface area (Å²) in [6.45, 7) is 12.6. The number of carbonyl (C=O) groups excluding carboxylic acids is 3. The molecule has 3 saturated heterocycles. The lowest BCUT2D eigenvalue weighted by molar-refractivity contribution is -0.164. The van der Waals surface area contributed by atoms with Gasteiger partial charge in [-0.3, -0.25) is 29.3 Å². The topological polar surface area (TPSA) is 195 Å². The van der Waals surface area contributed by atoms with Gasteiger partial charge < -0.3 is 29.7 Å². The predicted octanol–water partition coefficient (Wildman–Crippen LogP) is 5.76. The summed E-state index contributed by atoms with van der Waals surface area (Å²) >= 11 is 0. The number of rotatable bonds is 10. The summed E-state index contributed by atoms with van der Waals surface area (Å²) in [4.78, 5) is 56.7. The average Bonchev–Trinajstić information content (AvgIpc) is 3.70. The fraction of sp³-hybridized carbons (Fsp3) is 0.489. The summed E-state index contributed by atoms with van der Waals surface area (Å²) in [5.41, 5.74) is 1.29. The smallest absolute Gasteiger partial charge is 0.329 e. The van der Waals surface area contributed by atoms with E-state index in [1.807, 2.05) is 33.8 Å². The average molecular weight is 852 g/mol. The number of imide groups is 1. The summed E-state index contributed by atoms with van der Waals surface area (Å²) in [6, 6.07) is 13.5. The first kappa shape index (κ1) is 43.8. The van der Waals surface area contributed by atoms with Gasteiger partial charge in [0.25, 0.3) is 12.4 Å². The Morgan fingerprint density at radius 3 is 2.39 bits per heavy atom. The standard InChI is InChI=1S/C44H52FN9O5.CH2O2/c1-43(2)40(44(3,4)41(43)59-31-8-6-29(24-46)36(23-31)58-5)50-39(56)28-7-9-35(33(45)22-28)52-19-11-27(12-20-52)26-51-17-13-30(14-18-51)54-34-10-16-47-38(32(34)25-48-54)53-21-15-37(55)49-42(53)57;2-1-3/h6-10,16,22-23,25,27,30,40-41H,11-15,17-21,26H2,1-5H3,(H,50,56)(H,49,55,57);1H,(H,2,3). The number of nitriles is 1. The SMILES string of the molecule is COc1cc(OC2C(C)(C)C(NC(=O)c3ccc(N4CCC(CN5CCC(n6ncc7c(N8CCC(=O)NC8=O)nccc76)CC5)CC4)c(F)c3)C2(C)C)ccc1C#N.O=CO. The van der Waals surface area contributed by atoms with E-state index in [-0.39, 0.29) is 55.0 Å². The monoisotopic (exact) mass is 851 g/mol. The maximum absolute atomic E-state index is 15.7. The number of pyridine rings is 1. The zero-order valence-corrected chi connectivity index (χ0v) is 35.8. The van der Waals surface area contributed by atoms with E-state index in [4.69, 9.17) is 24.5 Å². The highest BCUT2D eigenvalue weighted by Crippen LogP contribution is 2.55. The molecule has 3 N–H and O–H groups in total. The Morgan fingerprint density at radius 1 is 1.03 bits per heavy atom. The number of amides is 4. The van der Waals surface area contributed by atoms with Crippen molar-refractivity contribution in [3.8, 4) is 17.6 Å². The summed E-state index contributed by atoms with van der Waals surface area (Å²) in [5, 5.41) is 27.3. The van der Waals surface area contributed by atoms with Crippen LogP contribution in [-0.4, -0.2) is 108 Å². The zero-order valence-electron chi connectivity index (χ0n) is 35.8. The van der Waals surface area contributed by atoms with Gasteiger partial charge in [-0.2, -0.15) is 10.4 Å². The van der Waals surface area contributed by atoms with Gasteiger partial charge in [0.1, 0.15) is 35.3 Å². The maximum Gasteiger partial charge on any atom is 0.329 e. The van der Waals surface area contributed by atoms with Crippen LogP contribution in [0.5, 0.6) is 11.5 Å². The summed E-state index contributed by atoms with van der Waals surface area (Å²) < 4.78 is 29.5. The molecule has 4 amide bonds. The van der Waals surface area contributed by atoms with Crippen molar-refractivity contribution in [2.24, 2.45) is 16.7 Å². The molecule has 17 heteroatoms. The lowest BCUT2D eigenvalue weighted by Crippen LogP contribution is -2.74. The minimum Gasteiger partial charge on any atom is -0.495 e. The lowest BCUT2D eigenvalue weighted by atomic mass is 9.49. The molecule has 4 fully saturated rings. The number of carboxylic acid groups (broad SMARTS) is 1. The van der Waals surface area contributed by atoms with E-state index >= 15 is 4.39 Å². The van der Waals surface area contributed by atoms with E-state index in [1.165, 1.54) is 18.1 Å². The molecule has 8 rings (SSSR count). The number of benzene rings is 2. The molecular weight excluding hydrogens is 798 g/mol. The van der Waals surface area contributed by atoms with Gasteiger partial charge in [0.15, 0.2) is 0 Å². The molecule has 1 saturated carbocycles. The van der Waals surface area contributed by atoms with Gasteiger partial charge in [0.2, 0.25) is 5.91 Å². The van der Waals surface area contributed by atoms with E-state index < -0.39 is 22.7 Å². The first-order valence-electron chi connectivity index (χ1n) is 21.0. The third-order valence-electron chi connectivity index (χ3n) is 13.1. The molecule has 4 aliphatic rings. The number of hydrogen-bond donors (Lipinski definition) is 3. The Labute approximate surface area is 359 Å². The van der Waals surface area contributed by atoms with Crippen LogP contribution in [0.1, 0.15) is 81.8 Å². The fourth-order valence-electron chi connectivity index (χ4n) is 10.2. The third kappa shape index (κ3) is 8.61. The number of hydrogen-bond acceptors (Lipinski definition) is 11. The number of likely N-dealkylation sites (tertiary alicyclic amines) is 1. The van der Waals surface area contributed by atoms with Crippen LogP contribution in [0.3, 0.4) is 0 Å². The van der Waals surface area contributed by atoms with E-state index in [0.717, 1.165) is 69.3 Å². The van der Waals surface area contributed by atoms with Crippen molar-refractivity contribution in [2.75, 3.05) is 56.2 Å². The van der Waals surface area contributed by atoms with Gasteiger partial charge in [-0.1, -0.05) is 27.7 Å². The predicted molar refractivity (Wildman–Crippen MR) is 229 cm³/mol. The molecule has 0 atom stereocenters. The molecule has 1 aliphatic carbocycles. The summed E-state index contributed by atoms with van der Waals surface area (Å²) in [5.74, 6) is 1.06. The molecule has 0 unspecified atom stereocenters. The van der Waals surface area contributed by atoms with Crippen molar-refractivity contribution in [1.29, 1.82) is 5.26 Å². The number of piperidine rings is 2. The molecule has 0 spiro atoms. The molecule has 4 aromatic rings. The lowest BCUT2D eigenvalue weighted by Gasteiger charge is -2.63. The van der Waals surface area contributed by atoms with Crippen LogP contribution in [0.2, 0.25) is 0 Å². The second-order valence-corrected chi connectivity index (χ2v) is 17.7. The molecule has 328 valence electrons. The molecule has 2 aromatic carbocycles. The van der Waals surface area contributed by atoms with Gasteiger partial charge in [0.05, 0.1) is 41.5 Å². The first-order valence-corrected chi connectivity index (χ1v) is 21.0. The van der Waals surface area contributed by atoms with Gasteiger partial charge >= 0.3 is 6.03 Å². The minimum atomic E-state index is -0.458. The number of ether oxygens (including phenoxy) is 2. The van der Waals surface area contributed by atoms with Crippen LogP contribution >= 0.6 is 0 Å². The molecule has 2 aromatic heterocycles. The van der Waals surface area contributed by atoms with Gasteiger partial charge in [-0.25, -0.2) is 14.2 Å². The Kier molecular flexibility index (Phi) is 12.7. The third-order valence-corrected chi connectivity index (χ3v) is 13.1. The van der Waals surface area contributed by atoms with Crippen LogP contribution in [0.15, 0.2) is 54.9 Å². The van der Waals surface area contributed by atoms with Gasteiger partial charge in [-0.05, 0) is 68.0 Å². The number of aromatic nitrogens is 3. The second-order valence-electron chi connectivity index (χ2n) is 17.7. The number of anilines is 2. The maximum atomic E-state index is 15.7. The highest BCUT2D eigenvalue weighted by molar-refractivity contribution is 6.08. The van der Waals surface area contributed by atoms with Crippen LogP contribution < -0.4 is 29.9 Å². The van der Waals surface area contributed by atoms with E-state index in [0.29, 0.717) is 34.5 Å². The normalized spacial score (nSPS) is 21.5. The molecule has 16 nitrogen and oxygen atoms in total. The van der Waals surface area contributed by atoms with Crippen LogP contribution in [0.25, 0.3) is 10.9 Å². The molecule has 5 heterocycles. The molecule has 0 bridgehead atoms. The van der Waals surface area contributed by atoms with Crippen LogP contribution in [0.4, 0.5) is 20.7 Å². The number of urea groups is 1. The highest BCUT2D eigenvalue weighted by atomic mass is 19.1. The quantitative estimate of drug-likeness (QED) is 0.164. The highest BCUT2D eigenvalue weighted by Gasteiger charge is 2.64.